The van der Waals surface area contributed by atoms with Crippen LogP contribution in [0.2, 0.25) is 0 Å². The van der Waals surface area contributed by atoms with Crippen LogP contribution in [0.5, 0.6) is 5.88 Å². The van der Waals surface area contributed by atoms with Crippen molar-refractivity contribution >= 4 is 5.82 Å². The van der Waals surface area contributed by atoms with Gasteiger partial charge in [-0.3, -0.25) is 0 Å². The molecule has 0 atom stereocenters. The van der Waals surface area contributed by atoms with E-state index in [0.29, 0.717) is 25.6 Å². The average molecular weight is 226 g/mol. The third-order valence-corrected chi connectivity index (χ3v) is 2.07. The lowest BCUT2D eigenvalue weighted by Crippen LogP contribution is -2.27. The molecule has 0 saturated carbocycles. The number of likely N-dealkylation sites (N-methyl/N-ethyl adjacent to an activating group) is 1. The summed E-state index contributed by atoms with van der Waals surface area (Å²) in [4.78, 5) is 10.0. The van der Waals surface area contributed by atoms with Gasteiger partial charge in [0.2, 0.25) is 5.88 Å². The molecule has 0 aromatic carbocycles. The second-order valence-corrected chi connectivity index (χ2v) is 3.15. The van der Waals surface area contributed by atoms with E-state index >= 15 is 0 Å². The minimum Gasteiger partial charge on any atom is -0.476 e. The van der Waals surface area contributed by atoms with E-state index in [2.05, 4.69) is 9.97 Å². The number of aromatic nitrogens is 2. The van der Waals surface area contributed by atoms with Crippen molar-refractivity contribution in [2.45, 2.75) is 6.92 Å². The first-order valence-corrected chi connectivity index (χ1v) is 5.32. The second kappa shape index (κ2) is 6.97. The van der Waals surface area contributed by atoms with Crippen LogP contribution in [0.3, 0.4) is 0 Å². The summed E-state index contributed by atoms with van der Waals surface area (Å²) in [5, 5.41) is 8.91. The van der Waals surface area contributed by atoms with Gasteiger partial charge in [-0.15, -0.1) is 0 Å². The smallest absolute Gasteiger partial charge is 0.218 e. The summed E-state index contributed by atoms with van der Waals surface area (Å²) < 4.78 is 5.30. The lowest BCUT2D eigenvalue weighted by atomic mass is 10.4. The summed E-state index contributed by atoms with van der Waals surface area (Å²) in [6.07, 6.45) is 1.45. The molecule has 0 spiro atoms. The van der Waals surface area contributed by atoms with Crippen LogP contribution < -0.4 is 15.4 Å². The van der Waals surface area contributed by atoms with E-state index in [4.69, 9.17) is 15.6 Å². The van der Waals surface area contributed by atoms with Gasteiger partial charge < -0.3 is 20.5 Å². The van der Waals surface area contributed by atoms with E-state index in [1.807, 2.05) is 11.8 Å². The number of hydrogen-bond donors (Lipinski definition) is 2. The summed E-state index contributed by atoms with van der Waals surface area (Å²) in [5.74, 6) is 1.26. The zero-order valence-corrected chi connectivity index (χ0v) is 9.46. The van der Waals surface area contributed by atoms with E-state index in [9.17, 15) is 0 Å². The highest BCUT2D eigenvalue weighted by atomic mass is 16.5. The van der Waals surface area contributed by atoms with Crippen LogP contribution in [0, 0.1) is 0 Å². The monoisotopic (exact) mass is 226 g/mol. The Morgan fingerprint density at radius 3 is 2.94 bits per heavy atom. The van der Waals surface area contributed by atoms with Crippen LogP contribution in [0.4, 0.5) is 5.82 Å². The van der Waals surface area contributed by atoms with Crippen LogP contribution in [-0.4, -0.2) is 47.9 Å². The van der Waals surface area contributed by atoms with Gasteiger partial charge in [0.1, 0.15) is 18.8 Å². The molecule has 0 aliphatic carbocycles. The number of ether oxygens (including phenoxy) is 1. The lowest BCUT2D eigenvalue weighted by molar-refractivity contribution is 0.301. The van der Waals surface area contributed by atoms with Crippen molar-refractivity contribution in [2.75, 3.05) is 37.7 Å². The Bertz CT molecular complexity index is 309. The predicted octanol–water partition coefficient (Wildman–Crippen LogP) is -0.367. The van der Waals surface area contributed by atoms with E-state index < -0.39 is 0 Å². The molecular formula is C10H18N4O2. The number of hydrogen-bond acceptors (Lipinski definition) is 6. The van der Waals surface area contributed by atoms with E-state index in [1.54, 1.807) is 6.07 Å². The fraction of sp³-hybridized carbons (Fsp3) is 0.600. The minimum atomic E-state index is 0.0941. The van der Waals surface area contributed by atoms with Crippen molar-refractivity contribution in [3.8, 4) is 5.88 Å². The van der Waals surface area contributed by atoms with Crippen molar-refractivity contribution in [1.82, 2.24) is 9.97 Å². The third-order valence-electron chi connectivity index (χ3n) is 2.07. The van der Waals surface area contributed by atoms with Gasteiger partial charge in [0, 0.05) is 25.7 Å². The fourth-order valence-corrected chi connectivity index (χ4v) is 1.30. The number of rotatable bonds is 7. The van der Waals surface area contributed by atoms with E-state index in [1.165, 1.54) is 6.33 Å². The highest BCUT2D eigenvalue weighted by molar-refractivity contribution is 5.40. The molecule has 1 rings (SSSR count). The molecule has 0 saturated heterocycles. The van der Waals surface area contributed by atoms with Crippen LogP contribution in [0.15, 0.2) is 12.4 Å². The summed E-state index contributed by atoms with van der Waals surface area (Å²) >= 11 is 0. The normalized spacial score (nSPS) is 10.2. The van der Waals surface area contributed by atoms with Crippen molar-refractivity contribution in [3.63, 3.8) is 0 Å². The molecule has 0 bridgehead atoms. The van der Waals surface area contributed by atoms with Crippen LogP contribution >= 0.6 is 0 Å². The van der Waals surface area contributed by atoms with E-state index in [-0.39, 0.29) is 6.61 Å². The minimum absolute atomic E-state index is 0.0941. The molecule has 16 heavy (non-hydrogen) atoms. The van der Waals surface area contributed by atoms with Gasteiger partial charge in [0.25, 0.3) is 0 Å². The van der Waals surface area contributed by atoms with E-state index in [0.717, 1.165) is 12.4 Å². The van der Waals surface area contributed by atoms with Crippen LogP contribution in [0.25, 0.3) is 0 Å². The molecule has 0 radical (unpaired) electrons. The molecule has 6 heteroatoms. The van der Waals surface area contributed by atoms with Gasteiger partial charge in [0.05, 0.1) is 6.61 Å². The maximum Gasteiger partial charge on any atom is 0.218 e. The Hall–Kier alpha value is -1.40. The number of aliphatic hydroxyl groups is 1. The average Bonchev–Trinajstić information content (AvgIpc) is 2.33. The lowest BCUT2D eigenvalue weighted by Gasteiger charge is -2.20. The summed E-state index contributed by atoms with van der Waals surface area (Å²) in [7, 11) is 0. The Labute approximate surface area is 95.1 Å². The molecule has 90 valence electrons. The zero-order chi connectivity index (χ0) is 11.8. The molecule has 0 aliphatic rings. The largest absolute Gasteiger partial charge is 0.476 e. The predicted molar refractivity (Wildman–Crippen MR) is 61.6 cm³/mol. The molecule has 1 heterocycles. The second-order valence-electron chi connectivity index (χ2n) is 3.15. The number of nitrogens with two attached hydrogens (primary N) is 1. The van der Waals surface area contributed by atoms with Gasteiger partial charge in [0.15, 0.2) is 0 Å². The molecule has 1 aromatic rings. The Morgan fingerprint density at radius 1 is 1.50 bits per heavy atom. The topological polar surface area (TPSA) is 84.5 Å². The van der Waals surface area contributed by atoms with Gasteiger partial charge in [-0.2, -0.15) is 0 Å². The zero-order valence-electron chi connectivity index (χ0n) is 9.46. The Morgan fingerprint density at radius 2 is 2.31 bits per heavy atom. The molecule has 0 aliphatic heterocycles. The van der Waals surface area contributed by atoms with Gasteiger partial charge in [-0.1, -0.05) is 0 Å². The Balaban J connectivity index is 2.71. The number of nitrogens with zero attached hydrogens (tertiary/aromatic N) is 3. The van der Waals surface area contributed by atoms with Gasteiger partial charge in [-0.05, 0) is 6.92 Å². The van der Waals surface area contributed by atoms with Crippen molar-refractivity contribution in [2.24, 2.45) is 5.73 Å². The molecule has 3 N–H and O–H groups in total. The quantitative estimate of drug-likeness (QED) is 0.660. The van der Waals surface area contributed by atoms with Gasteiger partial charge >= 0.3 is 0 Å². The molecule has 6 nitrogen and oxygen atoms in total. The number of anilines is 1. The molecule has 0 unspecified atom stereocenters. The summed E-state index contributed by atoms with van der Waals surface area (Å²) in [5.41, 5.74) is 5.34. The maximum absolute atomic E-state index is 8.91. The van der Waals surface area contributed by atoms with Crippen molar-refractivity contribution in [1.29, 1.82) is 0 Å². The standard InChI is InChI=1S/C10H18N4O2/c1-2-14(4-5-15)9-7-10(13-8-12-9)16-6-3-11/h7-8,15H,2-6,11H2,1H3. The Kier molecular flexibility index (Phi) is 5.52. The van der Waals surface area contributed by atoms with Crippen LogP contribution in [0.1, 0.15) is 6.92 Å². The molecular weight excluding hydrogens is 208 g/mol. The highest BCUT2D eigenvalue weighted by Gasteiger charge is 2.06. The first-order valence-electron chi connectivity index (χ1n) is 5.32. The van der Waals surface area contributed by atoms with Crippen molar-refractivity contribution < 1.29 is 9.84 Å². The molecule has 0 fully saturated rings. The molecule has 1 aromatic heterocycles. The van der Waals surface area contributed by atoms with Crippen LogP contribution in [-0.2, 0) is 0 Å². The first-order chi connectivity index (χ1) is 7.81. The van der Waals surface area contributed by atoms with Crippen molar-refractivity contribution in [3.05, 3.63) is 12.4 Å². The molecule has 0 amide bonds. The number of aliphatic hydroxyl groups excluding tert-OH is 1. The SMILES string of the molecule is CCN(CCO)c1cc(OCCN)ncn1. The first kappa shape index (κ1) is 12.7. The third kappa shape index (κ3) is 3.63. The highest BCUT2D eigenvalue weighted by Crippen LogP contribution is 2.14. The fourth-order valence-electron chi connectivity index (χ4n) is 1.30. The summed E-state index contributed by atoms with van der Waals surface area (Å²) in [6, 6.07) is 1.74. The summed E-state index contributed by atoms with van der Waals surface area (Å²) in [6.45, 7) is 4.29. The maximum atomic E-state index is 8.91. The van der Waals surface area contributed by atoms with Gasteiger partial charge in [-0.25, -0.2) is 9.97 Å².